The van der Waals surface area contributed by atoms with Crippen molar-refractivity contribution >= 4 is 81.4 Å². The Bertz CT molecular complexity index is 1470. The summed E-state index contributed by atoms with van der Waals surface area (Å²) in [5.41, 5.74) is 2.59. The van der Waals surface area contributed by atoms with Crippen molar-refractivity contribution in [1.29, 1.82) is 0 Å². The maximum absolute atomic E-state index is 13.1. The summed E-state index contributed by atoms with van der Waals surface area (Å²) in [5.74, 6) is -2.01. The molecule has 1 saturated carbocycles. The highest BCUT2D eigenvalue weighted by Gasteiger charge is 2.67. The van der Waals surface area contributed by atoms with Gasteiger partial charge in [0, 0.05) is 38.6 Å². The summed E-state index contributed by atoms with van der Waals surface area (Å²) in [7, 11) is 0. The highest BCUT2D eigenvalue weighted by atomic mass is 35.5. The Balaban J connectivity index is 1.41. The predicted molar refractivity (Wildman–Crippen MR) is 161 cm³/mol. The van der Waals surface area contributed by atoms with Crippen LogP contribution in [0.15, 0.2) is 60.7 Å². The number of carbonyl (C=O) groups is 3. The molecule has 1 fully saturated rings. The van der Waals surface area contributed by atoms with Gasteiger partial charge in [0.2, 0.25) is 5.91 Å². The van der Waals surface area contributed by atoms with Gasteiger partial charge in [-0.2, -0.15) is 0 Å². The van der Waals surface area contributed by atoms with E-state index in [0.29, 0.717) is 38.2 Å². The van der Waals surface area contributed by atoms with Gasteiger partial charge in [-0.1, -0.05) is 29.3 Å². The second kappa shape index (κ2) is 11.5. The average molecular weight is 623 g/mol. The number of hydrogen-bond donors (Lipinski definition) is 3. The molecule has 3 aromatic rings. The fourth-order valence-corrected chi connectivity index (χ4v) is 5.65. The summed E-state index contributed by atoms with van der Waals surface area (Å²) in [6.07, 6.45) is -0.572. The van der Waals surface area contributed by atoms with Crippen molar-refractivity contribution in [1.82, 2.24) is 0 Å². The number of aryl methyl sites for hydroxylation is 1. The van der Waals surface area contributed by atoms with E-state index in [-0.39, 0.29) is 5.91 Å². The van der Waals surface area contributed by atoms with Gasteiger partial charge < -0.3 is 15.4 Å². The van der Waals surface area contributed by atoms with Gasteiger partial charge in [0.25, 0.3) is 5.91 Å². The van der Waals surface area contributed by atoms with Gasteiger partial charge in [-0.25, -0.2) is 4.79 Å². The van der Waals surface area contributed by atoms with Gasteiger partial charge in [0.1, 0.15) is 9.93 Å². The van der Waals surface area contributed by atoms with Crippen LogP contribution in [0.4, 0.5) is 21.9 Å². The number of hydrogen-bond acceptors (Lipinski definition) is 4. The number of amides is 3. The number of halogens is 4. The molecule has 2 atom stereocenters. The quantitative estimate of drug-likeness (QED) is 0.240. The summed E-state index contributed by atoms with van der Waals surface area (Å²) in [5, 5.41) is 9.15. The molecule has 0 aliphatic heterocycles. The highest BCUT2D eigenvalue weighted by Crippen LogP contribution is 2.65. The minimum atomic E-state index is -1.32. The molecule has 4 rings (SSSR count). The van der Waals surface area contributed by atoms with Gasteiger partial charge in [-0.3, -0.25) is 14.9 Å². The summed E-state index contributed by atoms with van der Waals surface area (Å²) in [6, 6.07) is 16.5. The minimum Gasteiger partial charge on any atom is -0.444 e. The van der Waals surface area contributed by atoms with Gasteiger partial charge in [0.15, 0.2) is 0 Å². The van der Waals surface area contributed by atoms with Crippen LogP contribution in [0.25, 0.3) is 0 Å². The first-order valence-electron chi connectivity index (χ1n) is 12.3. The van der Waals surface area contributed by atoms with Crippen LogP contribution in [0.2, 0.25) is 10.0 Å². The normalized spacial score (nSPS) is 17.5. The molecule has 0 radical (unpaired) electrons. The van der Waals surface area contributed by atoms with E-state index in [1.807, 2.05) is 0 Å². The predicted octanol–water partition coefficient (Wildman–Crippen LogP) is 8.43. The second-order valence-electron chi connectivity index (χ2n) is 10.5. The highest BCUT2D eigenvalue weighted by molar-refractivity contribution is 6.53. The molecule has 7 nitrogen and oxygen atoms in total. The van der Waals surface area contributed by atoms with Crippen molar-refractivity contribution < 1.29 is 19.1 Å². The van der Waals surface area contributed by atoms with Gasteiger partial charge in [-0.05, 0) is 93.4 Å². The third kappa shape index (κ3) is 7.21. The Kier molecular flexibility index (Phi) is 8.62. The Morgan fingerprint density at radius 1 is 0.850 bits per heavy atom. The molecule has 0 bridgehead atoms. The largest absolute Gasteiger partial charge is 0.444 e. The van der Waals surface area contributed by atoms with Crippen LogP contribution >= 0.6 is 46.4 Å². The van der Waals surface area contributed by atoms with Crippen molar-refractivity contribution in [2.75, 3.05) is 16.0 Å². The maximum Gasteiger partial charge on any atom is 0.412 e. The van der Waals surface area contributed by atoms with E-state index in [9.17, 15) is 14.4 Å². The van der Waals surface area contributed by atoms with Crippen LogP contribution in [0.3, 0.4) is 0 Å². The van der Waals surface area contributed by atoms with Crippen LogP contribution in [0.1, 0.15) is 48.2 Å². The zero-order valence-electron chi connectivity index (χ0n) is 22.1. The molecule has 0 heterocycles. The zero-order valence-corrected chi connectivity index (χ0v) is 25.1. The number of rotatable bonds is 6. The number of carbonyl (C=O) groups excluding carboxylic acids is 3. The Labute approximate surface area is 252 Å². The first-order valence-corrected chi connectivity index (χ1v) is 13.8. The maximum atomic E-state index is 13.1. The van der Waals surface area contributed by atoms with E-state index < -0.39 is 33.8 Å². The molecule has 0 spiro atoms. The Hall–Kier alpha value is -2.97. The molecule has 1 aliphatic rings. The van der Waals surface area contributed by atoms with Crippen LogP contribution in [0.5, 0.6) is 0 Å². The molecular formula is C29H27Cl4N3O4. The smallest absolute Gasteiger partial charge is 0.412 e. The van der Waals surface area contributed by atoms with Crippen molar-refractivity contribution in [2.45, 2.75) is 43.5 Å². The molecule has 0 unspecified atom stereocenters. The molecular weight excluding hydrogens is 596 g/mol. The molecule has 0 saturated heterocycles. The lowest BCUT2D eigenvalue weighted by Gasteiger charge is -2.20. The van der Waals surface area contributed by atoms with E-state index >= 15 is 0 Å². The minimum absolute atomic E-state index is 0.324. The molecule has 3 N–H and O–H groups in total. The lowest BCUT2D eigenvalue weighted by Crippen LogP contribution is -2.27. The van der Waals surface area contributed by atoms with Gasteiger partial charge in [0.05, 0.1) is 5.92 Å². The molecule has 1 aliphatic carbocycles. The molecule has 3 aromatic carbocycles. The number of benzene rings is 3. The van der Waals surface area contributed by atoms with E-state index in [1.54, 1.807) is 88.4 Å². The second-order valence-corrected chi connectivity index (χ2v) is 12.8. The van der Waals surface area contributed by atoms with Crippen molar-refractivity contribution in [2.24, 2.45) is 5.92 Å². The summed E-state index contributed by atoms with van der Waals surface area (Å²) in [6.45, 7) is 7.14. The first-order chi connectivity index (χ1) is 18.6. The monoisotopic (exact) mass is 621 g/mol. The van der Waals surface area contributed by atoms with E-state index in [0.717, 1.165) is 5.56 Å². The van der Waals surface area contributed by atoms with Crippen molar-refractivity contribution in [3.05, 3.63) is 87.4 Å². The molecule has 3 amide bonds. The lowest BCUT2D eigenvalue weighted by molar-refractivity contribution is -0.117. The molecule has 210 valence electrons. The summed E-state index contributed by atoms with van der Waals surface area (Å²) < 4.78 is 3.94. The number of alkyl halides is 2. The van der Waals surface area contributed by atoms with Crippen molar-refractivity contribution in [3.8, 4) is 0 Å². The third-order valence-corrected chi connectivity index (χ3v) is 7.47. The standard InChI is InChI=1S/C29H27Cl4N3O4/c1-15-10-21(35-27(39)40-28(2,3)4)8-9-22(15)36-25(37)16-6-5-7-20(13-16)34-26(38)24-23(29(24,32)33)17-11-18(30)14-19(31)12-17/h5-14,23-24H,1-4H3,(H,34,38)(H,35,39)(H,36,37)/t23-,24+/m0/s1. The number of nitrogens with one attached hydrogen (secondary N) is 3. The van der Waals surface area contributed by atoms with Crippen LogP contribution < -0.4 is 16.0 Å². The van der Waals surface area contributed by atoms with Gasteiger partial charge in [-0.15, -0.1) is 23.2 Å². The van der Waals surface area contributed by atoms with E-state index in [1.165, 1.54) is 0 Å². The molecule has 40 heavy (non-hydrogen) atoms. The lowest BCUT2D eigenvalue weighted by atomic mass is 10.1. The SMILES string of the molecule is Cc1cc(NC(=O)OC(C)(C)C)ccc1NC(=O)c1cccc(NC(=O)[C@H]2[C@H](c3cc(Cl)cc(Cl)c3)C2(Cl)Cl)c1. The van der Waals surface area contributed by atoms with E-state index in [4.69, 9.17) is 51.1 Å². The van der Waals surface area contributed by atoms with Crippen molar-refractivity contribution in [3.63, 3.8) is 0 Å². The Morgan fingerprint density at radius 3 is 2.12 bits per heavy atom. The number of ether oxygens (including phenoxy) is 1. The molecule has 0 aromatic heterocycles. The number of anilines is 3. The first kappa shape index (κ1) is 30.0. The third-order valence-electron chi connectivity index (χ3n) is 6.09. The van der Waals surface area contributed by atoms with Crippen LogP contribution in [-0.4, -0.2) is 27.8 Å². The van der Waals surface area contributed by atoms with Crippen LogP contribution in [-0.2, 0) is 9.53 Å². The zero-order chi connectivity index (χ0) is 29.4. The van der Waals surface area contributed by atoms with E-state index in [2.05, 4.69) is 16.0 Å². The molecule has 11 heteroatoms. The fourth-order valence-electron chi connectivity index (χ4n) is 4.28. The summed E-state index contributed by atoms with van der Waals surface area (Å²) >= 11 is 25.1. The average Bonchev–Trinajstić information content (AvgIpc) is 3.41. The topological polar surface area (TPSA) is 96.5 Å². The van der Waals surface area contributed by atoms with Crippen LogP contribution in [0, 0.1) is 12.8 Å². The van der Waals surface area contributed by atoms with Gasteiger partial charge >= 0.3 is 6.09 Å². The Morgan fingerprint density at radius 2 is 1.50 bits per heavy atom. The summed E-state index contributed by atoms with van der Waals surface area (Å²) in [4.78, 5) is 38.1. The fraction of sp³-hybridized carbons (Fsp3) is 0.276.